The van der Waals surface area contributed by atoms with Crippen LogP contribution in [0.15, 0.2) is 24.3 Å². The number of nitrogens with one attached hydrogen (secondary N) is 3. The molecule has 0 aromatic heterocycles. The second kappa shape index (κ2) is 13.6. The molecule has 4 rings (SSSR count). The van der Waals surface area contributed by atoms with Crippen LogP contribution in [0, 0.1) is 11.8 Å². The van der Waals surface area contributed by atoms with Crippen LogP contribution in [0.3, 0.4) is 0 Å². The summed E-state index contributed by atoms with van der Waals surface area (Å²) in [6.07, 6.45) is 8.36. The van der Waals surface area contributed by atoms with Crippen molar-refractivity contribution in [1.82, 2.24) is 25.2 Å². The number of likely N-dealkylation sites (N-methyl/N-ethyl adjacent to an activating group) is 1. The van der Waals surface area contributed by atoms with Crippen molar-refractivity contribution >= 4 is 27.7 Å². The van der Waals surface area contributed by atoms with Gasteiger partial charge in [0.1, 0.15) is 6.04 Å². The first kappa shape index (κ1) is 31.4. The molecule has 1 aliphatic heterocycles. The summed E-state index contributed by atoms with van der Waals surface area (Å²) in [6.45, 7) is 4.22. The van der Waals surface area contributed by atoms with E-state index in [0.717, 1.165) is 50.5 Å². The summed E-state index contributed by atoms with van der Waals surface area (Å²) in [5, 5.41) is 9.05. The Morgan fingerprint density at radius 1 is 1.02 bits per heavy atom. The van der Waals surface area contributed by atoms with Gasteiger partial charge in [-0.05, 0) is 63.1 Å². The first-order valence-electron chi connectivity index (χ1n) is 15.1. The SMILES string of the molecule is CNC(C)C(=O)NC(C(=O)N1CCC(N(CC(C)C(=O)NC2CCc3ccccc32)S(C)(=O)=O)C1)C1CCCCC1. The number of amides is 3. The van der Waals surface area contributed by atoms with Crippen LogP contribution < -0.4 is 16.0 Å². The molecule has 3 amide bonds. The minimum absolute atomic E-state index is 0.0498. The maximum absolute atomic E-state index is 13.8. The third kappa shape index (κ3) is 7.67. The van der Waals surface area contributed by atoms with Crippen LogP contribution in [0.1, 0.15) is 76.0 Å². The summed E-state index contributed by atoms with van der Waals surface area (Å²) in [7, 11) is -1.93. The van der Waals surface area contributed by atoms with E-state index in [1.807, 2.05) is 18.2 Å². The van der Waals surface area contributed by atoms with E-state index in [-0.39, 0.29) is 42.8 Å². The van der Waals surface area contributed by atoms with Gasteiger partial charge in [-0.3, -0.25) is 14.4 Å². The van der Waals surface area contributed by atoms with Gasteiger partial charge in [0.15, 0.2) is 0 Å². The van der Waals surface area contributed by atoms with Crippen LogP contribution in [0.4, 0.5) is 0 Å². The normalized spacial score (nSPS) is 23.6. The zero-order valence-corrected chi connectivity index (χ0v) is 25.7. The Balaban J connectivity index is 1.41. The number of benzene rings is 1. The molecule has 3 aliphatic rings. The third-order valence-electron chi connectivity index (χ3n) is 9.17. The minimum atomic E-state index is -3.64. The molecule has 1 heterocycles. The monoisotopic (exact) mass is 589 g/mol. The lowest BCUT2D eigenvalue weighted by Crippen LogP contribution is -2.56. The Morgan fingerprint density at radius 2 is 1.73 bits per heavy atom. The Bertz CT molecular complexity index is 1200. The van der Waals surface area contributed by atoms with E-state index in [1.165, 1.54) is 16.1 Å². The lowest BCUT2D eigenvalue weighted by atomic mass is 9.83. The first-order valence-corrected chi connectivity index (χ1v) is 17.0. The predicted molar refractivity (Wildman–Crippen MR) is 158 cm³/mol. The molecule has 1 saturated carbocycles. The molecule has 2 fully saturated rings. The second-order valence-corrected chi connectivity index (χ2v) is 14.1. The summed E-state index contributed by atoms with van der Waals surface area (Å²) in [5.74, 6) is -1.02. The largest absolute Gasteiger partial charge is 0.349 e. The minimum Gasteiger partial charge on any atom is -0.349 e. The number of likely N-dealkylation sites (tertiary alicyclic amines) is 1. The average Bonchev–Trinajstić information content (AvgIpc) is 3.61. The maximum Gasteiger partial charge on any atom is 0.245 e. The molecular formula is C30H47N5O5S. The molecule has 0 spiro atoms. The fourth-order valence-electron chi connectivity index (χ4n) is 6.56. The van der Waals surface area contributed by atoms with Gasteiger partial charge in [-0.25, -0.2) is 8.42 Å². The van der Waals surface area contributed by atoms with Crippen molar-refractivity contribution in [1.29, 1.82) is 0 Å². The number of rotatable bonds is 11. The number of carbonyl (C=O) groups is 3. The van der Waals surface area contributed by atoms with Crippen molar-refractivity contribution in [3.05, 3.63) is 35.4 Å². The Hall–Kier alpha value is -2.50. The maximum atomic E-state index is 13.8. The van der Waals surface area contributed by atoms with Gasteiger partial charge in [-0.2, -0.15) is 4.31 Å². The van der Waals surface area contributed by atoms with E-state index in [9.17, 15) is 22.8 Å². The Kier molecular flexibility index (Phi) is 10.5. The fraction of sp³-hybridized carbons (Fsp3) is 0.700. The van der Waals surface area contributed by atoms with Crippen molar-refractivity contribution in [3.63, 3.8) is 0 Å². The highest BCUT2D eigenvalue weighted by Crippen LogP contribution is 2.32. The van der Waals surface area contributed by atoms with Crippen LogP contribution in [-0.2, 0) is 30.8 Å². The van der Waals surface area contributed by atoms with Gasteiger partial charge in [-0.15, -0.1) is 0 Å². The number of hydrogen-bond acceptors (Lipinski definition) is 6. The van der Waals surface area contributed by atoms with E-state index < -0.39 is 34.1 Å². The standard InChI is InChI=1S/C30H47N5O5S/c1-20(28(36)32-26-15-14-22-10-8-9-13-25(22)26)18-35(41(4,39)40)24-16-17-34(19-24)30(38)27(23-11-6-5-7-12-23)33-29(37)21(2)31-3/h8-10,13,20-21,23-24,26-27,31H,5-7,11-12,14-19H2,1-4H3,(H,32,36)(H,33,37). The molecule has 41 heavy (non-hydrogen) atoms. The van der Waals surface area contributed by atoms with Crippen molar-refractivity contribution in [3.8, 4) is 0 Å². The summed E-state index contributed by atoms with van der Waals surface area (Å²) in [6, 6.07) is 6.55. The molecule has 1 aromatic carbocycles. The Morgan fingerprint density at radius 3 is 2.41 bits per heavy atom. The van der Waals surface area contributed by atoms with E-state index >= 15 is 0 Å². The Labute approximate surface area is 245 Å². The molecule has 2 aliphatic carbocycles. The first-order chi connectivity index (χ1) is 19.5. The van der Waals surface area contributed by atoms with Crippen molar-refractivity contribution in [2.45, 2.75) is 89.4 Å². The molecule has 5 atom stereocenters. The van der Waals surface area contributed by atoms with Crippen LogP contribution in [0.25, 0.3) is 0 Å². The molecule has 1 aromatic rings. The van der Waals surface area contributed by atoms with Crippen molar-refractivity contribution in [2.75, 3.05) is 32.9 Å². The number of carbonyl (C=O) groups excluding carboxylic acids is 3. The number of fused-ring (bicyclic) bond motifs is 1. The molecule has 11 heteroatoms. The molecule has 5 unspecified atom stereocenters. The van der Waals surface area contributed by atoms with Crippen LogP contribution in [0.5, 0.6) is 0 Å². The summed E-state index contributed by atoms with van der Waals surface area (Å²) >= 11 is 0. The molecular weight excluding hydrogens is 542 g/mol. The third-order valence-corrected chi connectivity index (χ3v) is 10.5. The van der Waals surface area contributed by atoms with Gasteiger partial charge in [0, 0.05) is 31.6 Å². The fourth-order valence-corrected chi connectivity index (χ4v) is 7.77. The van der Waals surface area contributed by atoms with Gasteiger partial charge in [-0.1, -0.05) is 50.5 Å². The van der Waals surface area contributed by atoms with Crippen LogP contribution in [-0.4, -0.2) is 86.4 Å². The summed E-state index contributed by atoms with van der Waals surface area (Å²) < 4.78 is 27.2. The van der Waals surface area contributed by atoms with Gasteiger partial charge < -0.3 is 20.9 Å². The van der Waals surface area contributed by atoms with Crippen molar-refractivity contribution in [2.24, 2.45) is 11.8 Å². The van der Waals surface area contributed by atoms with Gasteiger partial charge in [0.2, 0.25) is 27.7 Å². The predicted octanol–water partition coefficient (Wildman–Crippen LogP) is 1.96. The molecule has 10 nitrogen and oxygen atoms in total. The lowest BCUT2D eigenvalue weighted by molar-refractivity contribution is -0.138. The summed E-state index contributed by atoms with van der Waals surface area (Å²) in [4.78, 5) is 41.4. The zero-order valence-electron chi connectivity index (χ0n) is 24.9. The molecule has 228 valence electrons. The smallest absolute Gasteiger partial charge is 0.245 e. The van der Waals surface area contributed by atoms with Crippen LogP contribution in [0.2, 0.25) is 0 Å². The number of sulfonamides is 1. The van der Waals surface area contributed by atoms with Crippen LogP contribution >= 0.6 is 0 Å². The van der Waals surface area contributed by atoms with Gasteiger partial charge in [0.05, 0.1) is 18.3 Å². The van der Waals surface area contributed by atoms with E-state index in [1.54, 1.807) is 25.8 Å². The van der Waals surface area contributed by atoms with E-state index in [2.05, 4.69) is 22.0 Å². The highest BCUT2D eigenvalue weighted by molar-refractivity contribution is 7.88. The quantitative estimate of drug-likeness (QED) is 0.362. The molecule has 1 saturated heterocycles. The van der Waals surface area contributed by atoms with Gasteiger partial charge >= 0.3 is 0 Å². The van der Waals surface area contributed by atoms with Crippen molar-refractivity contribution < 1.29 is 22.8 Å². The topological polar surface area (TPSA) is 128 Å². The number of nitrogens with zero attached hydrogens (tertiary/aromatic N) is 2. The molecule has 3 N–H and O–H groups in total. The average molecular weight is 590 g/mol. The summed E-state index contributed by atoms with van der Waals surface area (Å²) in [5.41, 5.74) is 2.36. The zero-order chi connectivity index (χ0) is 29.7. The molecule has 0 bridgehead atoms. The van der Waals surface area contributed by atoms with E-state index in [0.29, 0.717) is 13.0 Å². The lowest BCUT2D eigenvalue weighted by Gasteiger charge is -2.34. The number of hydrogen-bond donors (Lipinski definition) is 3. The number of aryl methyl sites for hydroxylation is 1. The second-order valence-electron chi connectivity index (χ2n) is 12.2. The molecule has 0 radical (unpaired) electrons. The van der Waals surface area contributed by atoms with Gasteiger partial charge in [0.25, 0.3) is 0 Å². The highest BCUT2D eigenvalue weighted by Gasteiger charge is 2.41. The highest BCUT2D eigenvalue weighted by atomic mass is 32.2. The van der Waals surface area contributed by atoms with E-state index in [4.69, 9.17) is 0 Å².